The lowest BCUT2D eigenvalue weighted by Gasteiger charge is -2.14. The van der Waals surface area contributed by atoms with Gasteiger partial charge < -0.3 is 9.88 Å². The minimum absolute atomic E-state index is 0.0272. The number of hydrogen-bond acceptors (Lipinski definition) is 3. The molecule has 0 radical (unpaired) electrons. The number of sulfonamides is 1. The van der Waals surface area contributed by atoms with E-state index in [4.69, 9.17) is 23.2 Å². The molecule has 1 fully saturated rings. The Morgan fingerprint density at radius 1 is 0.962 bits per heavy atom. The molecule has 2 N–H and O–H groups in total. The monoisotopic (exact) mass is 409 g/mol. The summed E-state index contributed by atoms with van der Waals surface area (Å²) < 4.78 is 27.8. The lowest BCUT2D eigenvalue weighted by molar-refractivity contribution is 0.601. The van der Waals surface area contributed by atoms with Crippen LogP contribution in [0, 0.1) is 0 Å². The Bertz CT molecular complexity index is 1050. The van der Waals surface area contributed by atoms with E-state index in [0.29, 0.717) is 5.69 Å². The van der Waals surface area contributed by atoms with Crippen molar-refractivity contribution in [2.75, 3.05) is 22.7 Å². The van der Waals surface area contributed by atoms with Crippen molar-refractivity contribution in [3.05, 3.63) is 52.5 Å². The van der Waals surface area contributed by atoms with E-state index in [9.17, 15) is 8.42 Å². The van der Waals surface area contributed by atoms with Crippen LogP contribution in [0.4, 0.5) is 11.5 Å². The van der Waals surface area contributed by atoms with E-state index in [-0.39, 0.29) is 14.9 Å². The number of benzene rings is 2. The van der Waals surface area contributed by atoms with Crippen LogP contribution in [0.5, 0.6) is 0 Å². The van der Waals surface area contributed by atoms with Crippen LogP contribution in [0.25, 0.3) is 10.9 Å². The third-order valence-corrected chi connectivity index (χ3v) is 6.25. The molecule has 0 atom stereocenters. The van der Waals surface area contributed by atoms with Gasteiger partial charge in [-0.05, 0) is 49.2 Å². The van der Waals surface area contributed by atoms with E-state index < -0.39 is 10.0 Å². The van der Waals surface area contributed by atoms with Gasteiger partial charge in [-0.1, -0.05) is 29.3 Å². The highest BCUT2D eigenvalue weighted by Crippen LogP contribution is 2.28. The van der Waals surface area contributed by atoms with Crippen LogP contribution in [-0.2, 0) is 10.0 Å². The van der Waals surface area contributed by atoms with Crippen LogP contribution in [0.15, 0.2) is 47.4 Å². The molecule has 3 aromatic rings. The average molecular weight is 410 g/mol. The molecule has 1 aliphatic rings. The number of nitrogens with one attached hydrogen (secondary N) is 2. The summed E-state index contributed by atoms with van der Waals surface area (Å²) in [6.45, 7) is 2.09. The van der Waals surface area contributed by atoms with Crippen LogP contribution in [-0.4, -0.2) is 26.5 Å². The number of aromatic amines is 1. The summed E-state index contributed by atoms with van der Waals surface area (Å²) in [5.41, 5.74) is 1.36. The van der Waals surface area contributed by atoms with Gasteiger partial charge in [-0.25, -0.2) is 8.42 Å². The van der Waals surface area contributed by atoms with Gasteiger partial charge in [-0.2, -0.15) is 0 Å². The zero-order chi connectivity index (χ0) is 18.3. The summed E-state index contributed by atoms with van der Waals surface area (Å²) >= 11 is 11.8. The summed E-state index contributed by atoms with van der Waals surface area (Å²) in [4.78, 5) is 5.70. The molecule has 5 nitrogen and oxygen atoms in total. The fraction of sp³-hybridized carbons (Fsp3) is 0.222. The molecule has 1 aromatic heterocycles. The summed E-state index contributed by atoms with van der Waals surface area (Å²) in [5.74, 6) is 1.07. The molecule has 0 aliphatic carbocycles. The van der Waals surface area contributed by atoms with Crippen LogP contribution >= 0.6 is 23.2 Å². The number of fused-ring (bicyclic) bond motifs is 1. The van der Waals surface area contributed by atoms with Crippen molar-refractivity contribution >= 4 is 55.6 Å². The zero-order valence-corrected chi connectivity index (χ0v) is 16.1. The first-order chi connectivity index (χ1) is 12.4. The van der Waals surface area contributed by atoms with E-state index in [1.165, 1.54) is 31.0 Å². The molecule has 0 saturated carbocycles. The summed E-state index contributed by atoms with van der Waals surface area (Å²) in [6, 6.07) is 11.8. The number of hydrogen-bond donors (Lipinski definition) is 2. The Labute approximate surface area is 162 Å². The van der Waals surface area contributed by atoms with Crippen molar-refractivity contribution in [1.82, 2.24) is 4.98 Å². The molecule has 8 heteroatoms. The molecule has 1 aliphatic heterocycles. The van der Waals surface area contributed by atoms with Gasteiger partial charge in [-0.3, -0.25) is 4.72 Å². The Hall–Kier alpha value is -1.89. The minimum Gasteiger partial charge on any atom is -0.358 e. The Balaban J connectivity index is 1.63. The second-order valence-corrected chi connectivity index (χ2v) is 8.92. The van der Waals surface area contributed by atoms with E-state index in [0.717, 1.165) is 29.8 Å². The van der Waals surface area contributed by atoms with Crippen molar-refractivity contribution in [3.63, 3.8) is 0 Å². The van der Waals surface area contributed by atoms with Crippen molar-refractivity contribution in [2.24, 2.45) is 0 Å². The topological polar surface area (TPSA) is 65.2 Å². The average Bonchev–Trinajstić information content (AvgIpc) is 3.22. The maximum Gasteiger partial charge on any atom is 0.261 e. The van der Waals surface area contributed by atoms with Crippen LogP contribution in [0.2, 0.25) is 10.0 Å². The summed E-state index contributed by atoms with van der Waals surface area (Å²) in [5, 5.41) is 1.58. The summed E-state index contributed by atoms with van der Waals surface area (Å²) in [7, 11) is -3.78. The molecule has 0 spiro atoms. The Morgan fingerprint density at radius 2 is 1.65 bits per heavy atom. The van der Waals surface area contributed by atoms with Crippen molar-refractivity contribution < 1.29 is 8.42 Å². The van der Waals surface area contributed by atoms with E-state index >= 15 is 0 Å². The Morgan fingerprint density at radius 3 is 2.35 bits per heavy atom. The molecule has 0 amide bonds. The fourth-order valence-electron chi connectivity index (χ4n) is 3.20. The summed E-state index contributed by atoms with van der Waals surface area (Å²) in [6.07, 6.45) is 2.39. The highest BCUT2D eigenvalue weighted by atomic mass is 35.5. The smallest absolute Gasteiger partial charge is 0.261 e. The quantitative estimate of drug-likeness (QED) is 0.645. The van der Waals surface area contributed by atoms with Crippen LogP contribution in [0.1, 0.15) is 12.8 Å². The molecule has 4 rings (SSSR count). The van der Waals surface area contributed by atoms with E-state index in [2.05, 4.69) is 20.7 Å². The normalized spacial score (nSPS) is 14.9. The van der Waals surface area contributed by atoms with Gasteiger partial charge in [0.2, 0.25) is 0 Å². The highest BCUT2D eigenvalue weighted by molar-refractivity contribution is 7.92. The third-order valence-electron chi connectivity index (χ3n) is 4.45. The number of halogens is 2. The number of nitrogens with zero attached hydrogens (tertiary/aromatic N) is 1. The highest BCUT2D eigenvalue weighted by Gasteiger charge is 2.17. The van der Waals surface area contributed by atoms with Gasteiger partial charge in [0.1, 0.15) is 5.82 Å². The third kappa shape index (κ3) is 3.49. The van der Waals surface area contributed by atoms with Gasteiger partial charge >= 0.3 is 0 Å². The van der Waals surface area contributed by atoms with Gasteiger partial charge in [0.25, 0.3) is 10.0 Å². The molecule has 0 unspecified atom stereocenters. The predicted octanol–water partition coefficient (Wildman–Crippen LogP) is 4.88. The fourth-order valence-corrected chi connectivity index (χ4v) is 4.98. The molecule has 26 heavy (non-hydrogen) atoms. The number of anilines is 2. The maximum absolute atomic E-state index is 12.6. The van der Waals surface area contributed by atoms with Crippen LogP contribution < -0.4 is 9.62 Å². The number of aromatic nitrogens is 1. The van der Waals surface area contributed by atoms with Gasteiger partial charge in [-0.15, -0.1) is 0 Å². The molecular formula is C18H17Cl2N3O2S. The van der Waals surface area contributed by atoms with Gasteiger partial charge in [0, 0.05) is 34.0 Å². The SMILES string of the molecule is O=S(=O)(Nc1ccc2cc(N3CCCC3)[nH]c2c1)c1cc(Cl)cc(Cl)c1. The second kappa shape index (κ2) is 6.68. The first-order valence-electron chi connectivity index (χ1n) is 8.27. The lowest BCUT2D eigenvalue weighted by Crippen LogP contribution is -2.17. The minimum atomic E-state index is -3.78. The first kappa shape index (κ1) is 17.5. The van der Waals surface area contributed by atoms with Crippen molar-refractivity contribution in [2.45, 2.75) is 17.7 Å². The standard InChI is InChI=1S/C18H17Cl2N3O2S/c19-13-8-14(20)10-16(9-13)26(24,25)22-15-4-3-12-7-18(21-17(12)11-15)23-5-1-2-6-23/h3-4,7-11,21-22H,1-2,5-6H2. The van der Waals surface area contributed by atoms with E-state index in [1.807, 2.05) is 6.07 Å². The molecule has 136 valence electrons. The molecule has 2 aromatic carbocycles. The molecule has 2 heterocycles. The maximum atomic E-state index is 12.6. The van der Waals surface area contributed by atoms with Crippen molar-refractivity contribution in [3.8, 4) is 0 Å². The zero-order valence-electron chi connectivity index (χ0n) is 13.8. The molecule has 0 bridgehead atoms. The van der Waals surface area contributed by atoms with Crippen molar-refractivity contribution in [1.29, 1.82) is 0 Å². The first-order valence-corrected chi connectivity index (χ1v) is 10.5. The molecular weight excluding hydrogens is 393 g/mol. The Kier molecular flexibility index (Phi) is 4.50. The number of H-pyrrole nitrogens is 1. The van der Waals surface area contributed by atoms with E-state index in [1.54, 1.807) is 12.1 Å². The second-order valence-electron chi connectivity index (χ2n) is 6.36. The largest absolute Gasteiger partial charge is 0.358 e. The molecule has 1 saturated heterocycles. The predicted molar refractivity (Wildman–Crippen MR) is 107 cm³/mol. The van der Waals surface area contributed by atoms with Gasteiger partial charge in [0.15, 0.2) is 0 Å². The number of rotatable bonds is 4. The lowest BCUT2D eigenvalue weighted by atomic mass is 10.2. The van der Waals surface area contributed by atoms with Gasteiger partial charge in [0.05, 0.1) is 10.6 Å². The van der Waals surface area contributed by atoms with Crippen LogP contribution in [0.3, 0.4) is 0 Å².